The van der Waals surface area contributed by atoms with E-state index >= 15 is 0 Å². The molecule has 7 heteroatoms. The lowest BCUT2D eigenvalue weighted by atomic mass is 9.95. The van der Waals surface area contributed by atoms with Crippen LogP contribution in [0, 0.1) is 0 Å². The van der Waals surface area contributed by atoms with Crippen LogP contribution in [-0.4, -0.2) is 49.1 Å². The highest BCUT2D eigenvalue weighted by molar-refractivity contribution is 9.10. The summed E-state index contributed by atoms with van der Waals surface area (Å²) in [5.41, 5.74) is 1.17. The van der Waals surface area contributed by atoms with Crippen LogP contribution in [0.5, 0.6) is 5.75 Å². The summed E-state index contributed by atoms with van der Waals surface area (Å²) in [6.45, 7) is 0.504. The molecule has 1 unspecified atom stereocenters. The van der Waals surface area contributed by atoms with Crippen LogP contribution in [0.25, 0.3) is 5.76 Å². The fraction of sp³-hybridized carbons (Fsp3) is 0.238. The molecule has 146 valence electrons. The van der Waals surface area contributed by atoms with E-state index in [0.29, 0.717) is 16.9 Å². The van der Waals surface area contributed by atoms with Crippen molar-refractivity contribution in [2.24, 2.45) is 0 Å². The maximum atomic E-state index is 12.8. The minimum absolute atomic E-state index is 0.0486. The number of halogens is 1. The summed E-state index contributed by atoms with van der Waals surface area (Å²) in [6, 6.07) is 13.3. The van der Waals surface area contributed by atoms with Gasteiger partial charge in [-0.15, -0.1) is 0 Å². The van der Waals surface area contributed by atoms with E-state index in [2.05, 4.69) is 15.9 Å². The standard InChI is InChI=1S/C21H20BrNO5/c1-27-10-9-23-18(13-5-3-7-15(22)11-13)17(20(25)21(23)26)19(24)14-6-4-8-16(12-14)28-2/h3-8,11-12,18,24H,9-10H2,1-2H3. The summed E-state index contributed by atoms with van der Waals surface area (Å²) >= 11 is 3.42. The zero-order valence-electron chi connectivity index (χ0n) is 15.5. The number of nitrogens with zero attached hydrogens (tertiary/aromatic N) is 1. The van der Waals surface area contributed by atoms with Gasteiger partial charge in [0.15, 0.2) is 0 Å². The van der Waals surface area contributed by atoms with Crippen LogP contribution in [0.2, 0.25) is 0 Å². The molecule has 0 aliphatic carbocycles. The average molecular weight is 446 g/mol. The van der Waals surface area contributed by atoms with Crippen LogP contribution >= 0.6 is 15.9 Å². The zero-order chi connectivity index (χ0) is 20.3. The lowest BCUT2D eigenvalue weighted by molar-refractivity contribution is -0.140. The van der Waals surface area contributed by atoms with E-state index in [0.717, 1.165) is 4.47 Å². The molecule has 0 saturated carbocycles. The molecule has 1 amide bonds. The number of carbonyl (C=O) groups is 2. The Morgan fingerprint density at radius 2 is 1.89 bits per heavy atom. The maximum Gasteiger partial charge on any atom is 0.295 e. The number of ketones is 1. The van der Waals surface area contributed by atoms with Gasteiger partial charge in [-0.2, -0.15) is 0 Å². The number of hydrogen-bond donors (Lipinski definition) is 1. The van der Waals surface area contributed by atoms with Crippen LogP contribution in [-0.2, 0) is 14.3 Å². The maximum absolute atomic E-state index is 12.8. The third kappa shape index (κ3) is 3.81. The van der Waals surface area contributed by atoms with Gasteiger partial charge in [-0.25, -0.2) is 0 Å². The Labute approximate surface area is 171 Å². The Kier molecular flexibility index (Phi) is 6.16. The number of benzene rings is 2. The van der Waals surface area contributed by atoms with E-state index < -0.39 is 17.7 Å². The number of rotatable bonds is 6. The molecule has 1 fully saturated rings. The van der Waals surface area contributed by atoms with Crippen LogP contribution in [0.4, 0.5) is 0 Å². The molecule has 1 N–H and O–H groups in total. The lowest BCUT2D eigenvalue weighted by Crippen LogP contribution is -2.32. The SMILES string of the molecule is COCCN1C(=O)C(=O)C(=C(O)c2cccc(OC)c2)C1c1cccc(Br)c1. The second-order valence-electron chi connectivity index (χ2n) is 6.27. The highest BCUT2D eigenvalue weighted by Crippen LogP contribution is 2.40. The van der Waals surface area contributed by atoms with Gasteiger partial charge in [-0.3, -0.25) is 9.59 Å². The predicted octanol–water partition coefficient (Wildman–Crippen LogP) is 3.53. The molecular formula is C21H20BrNO5. The number of amides is 1. The van der Waals surface area contributed by atoms with Gasteiger partial charge in [-0.05, 0) is 29.8 Å². The molecule has 1 heterocycles. The number of aliphatic hydroxyl groups excluding tert-OH is 1. The van der Waals surface area contributed by atoms with Gasteiger partial charge in [0.25, 0.3) is 11.7 Å². The first-order chi connectivity index (χ1) is 13.5. The molecule has 1 saturated heterocycles. The van der Waals surface area contributed by atoms with Crippen molar-refractivity contribution < 1.29 is 24.2 Å². The molecule has 6 nitrogen and oxygen atoms in total. The van der Waals surface area contributed by atoms with Gasteiger partial charge < -0.3 is 19.5 Å². The first-order valence-corrected chi connectivity index (χ1v) is 9.44. The van der Waals surface area contributed by atoms with Gasteiger partial charge in [-0.1, -0.05) is 40.2 Å². The average Bonchev–Trinajstić information content (AvgIpc) is 2.96. The number of likely N-dealkylation sites (tertiary alicyclic amines) is 1. The molecule has 1 atom stereocenters. The summed E-state index contributed by atoms with van der Waals surface area (Å²) in [4.78, 5) is 26.9. The van der Waals surface area contributed by atoms with Crippen molar-refractivity contribution in [3.63, 3.8) is 0 Å². The number of methoxy groups -OCH3 is 2. The molecule has 0 bridgehead atoms. The summed E-state index contributed by atoms with van der Waals surface area (Å²) in [7, 11) is 3.05. The van der Waals surface area contributed by atoms with Gasteiger partial charge in [0.2, 0.25) is 0 Å². The molecule has 2 aromatic carbocycles. The fourth-order valence-corrected chi connectivity index (χ4v) is 3.67. The van der Waals surface area contributed by atoms with E-state index in [1.807, 2.05) is 24.3 Å². The summed E-state index contributed by atoms with van der Waals surface area (Å²) in [5.74, 6) is -1.08. The first-order valence-electron chi connectivity index (χ1n) is 8.65. The van der Waals surface area contributed by atoms with Gasteiger partial charge in [0, 0.05) is 23.7 Å². The van der Waals surface area contributed by atoms with Crippen LogP contribution in [0.15, 0.2) is 58.6 Å². The fourth-order valence-electron chi connectivity index (χ4n) is 3.25. The molecule has 28 heavy (non-hydrogen) atoms. The zero-order valence-corrected chi connectivity index (χ0v) is 17.1. The van der Waals surface area contributed by atoms with Crippen molar-refractivity contribution in [2.45, 2.75) is 6.04 Å². The predicted molar refractivity (Wildman–Crippen MR) is 108 cm³/mol. The van der Waals surface area contributed by atoms with Crippen LogP contribution < -0.4 is 4.74 Å². The molecule has 0 spiro atoms. The number of carbonyl (C=O) groups excluding carboxylic acids is 2. The normalized spacial score (nSPS) is 18.5. The Morgan fingerprint density at radius 3 is 2.57 bits per heavy atom. The van der Waals surface area contributed by atoms with Gasteiger partial charge in [0.05, 0.1) is 25.3 Å². The van der Waals surface area contributed by atoms with Crippen molar-refractivity contribution in [3.05, 3.63) is 69.7 Å². The number of hydrogen-bond acceptors (Lipinski definition) is 5. The second kappa shape index (κ2) is 8.58. The van der Waals surface area contributed by atoms with Crippen molar-refractivity contribution in [2.75, 3.05) is 27.4 Å². The highest BCUT2D eigenvalue weighted by Gasteiger charge is 2.45. The molecule has 1 aliphatic rings. The van der Waals surface area contributed by atoms with Crippen molar-refractivity contribution in [1.82, 2.24) is 4.90 Å². The largest absolute Gasteiger partial charge is 0.507 e. The van der Waals surface area contributed by atoms with E-state index in [1.165, 1.54) is 19.1 Å². The van der Waals surface area contributed by atoms with Crippen LogP contribution in [0.1, 0.15) is 17.2 Å². The third-order valence-corrected chi connectivity index (χ3v) is 5.08. The quantitative estimate of drug-likeness (QED) is 0.418. The number of Topliss-reactive ketones (excluding diaryl/α,β-unsaturated/α-hetero) is 1. The van der Waals surface area contributed by atoms with E-state index in [1.54, 1.807) is 24.3 Å². The molecule has 2 aromatic rings. The Morgan fingerprint density at radius 1 is 1.14 bits per heavy atom. The van der Waals surface area contributed by atoms with E-state index in [9.17, 15) is 14.7 Å². The molecule has 0 aromatic heterocycles. The van der Waals surface area contributed by atoms with Crippen LogP contribution in [0.3, 0.4) is 0 Å². The van der Waals surface area contributed by atoms with E-state index in [-0.39, 0.29) is 24.5 Å². The minimum atomic E-state index is -0.721. The van der Waals surface area contributed by atoms with Crippen molar-refractivity contribution >= 4 is 33.4 Å². The van der Waals surface area contributed by atoms with E-state index in [4.69, 9.17) is 9.47 Å². The molecular weight excluding hydrogens is 426 g/mol. The second-order valence-corrected chi connectivity index (χ2v) is 7.19. The minimum Gasteiger partial charge on any atom is -0.507 e. The first kappa shape index (κ1) is 20.1. The van der Waals surface area contributed by atoms with Gasteiger partial charge in [0.1, 0.15) is 11.5 Å². The number of ether oxygens (including phenoxy) is 2. The smallest absolute Gasteiger partial charge is 0.295 e. The molecule has 1 aliphatic heterocycles. The van der Waals surface area contributed by atoms with Crippen molar-refractivity contribution in [3.8, 4) is 5.75 Å². The third-order valence-electron chi connectivity index (χ3n) is 4.58. The van der Waals surface area contributed by atoms with Crippen molar-refractivity contribution in [1.29, 1.82) is 0 Å². The number of aliphatic hydroxyl groups is 1. The highest BCUT2D eigenvalue weighted by atomic mass is 79.9. The topological polar surface area (TPSA) is 76.1 Å². The summed E-state index contributed by atoms with van der Waals surface area (Å²) in [6.07, 6.45) is 0. The molecule has 0 radical (unpaired) electrons. The Balaban J connectivity index is 2.17. The van der Waals surface area contributed by atoms with Gasteiger partial charge >= 0.3 is 0 Å². The molecule has 3 rings (SSSR count). The monoisotopic (exact) mass is 445 g/mol. The lowest BCUT2D eigenvalue weighted by Gasteiger charge is -2.25. The summed E-state index contributed by atoms with van der Waals surface area (Å²) in [5, 5.41) is 11.0. The summed E-state index contributed by atoms with van der Waals surface area (Å²) < 4.78 is 11.1. The Hall–Kier alpha value is -2.64. The Bertz CT molecular complexity index is 940.